The fraction of sp³-hybridized carbons (Fsp3) is 0.176. The molecule has 0 atom stereocenters. The van der Waals surface area contributed by atoms with Crippen LogP contribution in [0.15, 0.2) is 48.9 Å². The van der Waals surface area contributed by atoms with Crippen LogP contribution in [0.3, 0.4) is 0 Å². The van der Waals surface area contributed by atoms with E-state index in [1.54, 1.807) is 24.4 Å². The number of nitrogens with one attached hydrogen (secondary N) is 1. The minimum atomic E-state index is 0.545. The van der Waals surface area contributed by atoms with Crippen molar-refractivity contribution >= 4 is 34.8 Å². The number of halogens is 2. The monoisotopic (exact) mass is 344 g/mol. The van der Waals surface area contributed by atoms with Gasteiger partial charge in [-0.15, -0.1) is 0 Å². The maximum atomic E-state index is 6.21. The minimum Gasteiger partial charge on any atom is -0.323 e. The summed E-state index contributed by atoms with van der Waals surface area (Å²) in [4.78, 5) is 8.88. The molecule has 1 aliphatic rings. The van der Waals surface area contributed by atoms with Crippen molar-refractivity contribution in [1.82, 2.24) is 14.5 Å². The summed E-state index contributed by atoms with van der Waals surface area (Å²) < 4.78 is 1.87. The van der Waals surface area contributed by atoms with Crippen molar-refractivity contribution in [3.05, 3.63) is 64.5 Å². The molecule has 1 fully saturated rings. The molecule has 2 heterocycles. The molecule has 3 aromatic rings. The first-order chi connectivity index (χ1) is 11.2. The molecule has 4 rings (SSSR count). The standard InChI is InChI=1S/C17H14Cl2N4/c18-13-2-1-3-14(19)16(13)22-17-20-8-9-23(17)15-7-6-12(10-21-15)11-4-5-11/h1-3,6-11H,4-5H2,(H,20,22). The fourth-order valence-electron chi connectivity index (χ4n) is 2.51. The van der Waals surface area contributed by atoms with E-state index in [-0.39, 0.29) is 0 Å². The summed E-state index contributed by atoms with van der Waals surface area (Å²) in [6.45, 7) is 0. The molecule has 0 radical (unpaired) electrons. The molecular formula is C17H14Cl2N4. The van der Waals surface area contributed by atoms with Crippen LogP contribution in [-0.4, -0.2) is 14.5 Å². The molecule has 6 heteroatoms. The lowest BCUT2D eigenvalue weighted by Crippen LogP contribution is -2.03. The summed E-state index contributed by atoms with van der Waals surface area (Å²) in [5.74, 6) is 2.11. The lowest BCUT2D eigenvalue weighted by atomic mass is 10.2. The third-order valence-electron chi connectivity index (χ3n) is 3.91. The van der Waals surface area contributed by atoms with Gasteiger partial charge in [-0.25, -0.2) is 9.97 Å². The van der Waals surface area contributed by atoms with Gasteiger partial charge in [0, 0.05) is 18.6 Å². The zero-order chi connectivity index (χ0) is 15.8. The maximum Gasteiger partial charge on any atom is 0.213 e. The van der Waals surface area contributed by atoms with Crippen molar-refractivity contribution in [2.24, 2.45) is 0 Å². The SMILES string of the molecule is Clc1cccc(Cl)c1Nc1nccn1-c1ccc(C2CC2)cn1. The first-order valence-corrected chi connectivity index (χ1v) is 8.18. The Bertz CT molecular complexity index is 818. The van der Waals surface area contributed by atoms with Gasteiger partial charge in [-0.2, -0.15) is 0 Å². The minimum absolute atomic E-state index is 0.545. The van der Waals surface area contributed by atoms with Crippen molar-refractivity contribution in [2.75, 3.05) is 5.32 Å². The molecule has 0 saturated heterocycles. The van der Waals surface area contributed by atoms with Gasteiger partial charge in [0.2, 0.25) is 5.95 Å². The van der Waals surface area contributed by atoms with Gasteiger partial charge in [0.05, 0.1) is 15.7 Å². The third kappa shape index (κ3) is 2.92. The van der Waals surface area contributed by atoms with Crippen LogP contribution >= 0.6 is 23.2 Å². The molecule has 1 N–H and O–H groups in total. The van der Waals surface area contributed by atoms with Gasteiger partial charge in [-0.1, -0.05) is 35.3 Å². The molecule has 1 aromatic carbocycles. The smallest absolute Gasteiger partial charge is 0.213 e. The summed E-state index contributed by atoms with van der Waals surface area (Å²) in [6.07, 6.45) is 8.04. The number of imidazole rings is 1. The number of benzene rings is 1. The second kappa shape index (κ2) is 5.87. The molecule has 0 amide bonds. The van der Waals surface area contributed by atoms with E-state index in [2.05, 4.69) is 21.4 Å². The maximum absolute atomic E-state index is 6.21. The molecule has 2 aromatic heterocycles. The van der Waals surface area contributed by atoms with Gasteiger partial charge < -0.3 is 5.32 Å². The third-order valence-corrected chi connectivity index (χ3v) is 4.54. The second-order valence-corrected chi connectivity index (χ2v) is 6.38. The first kappa shape index (κ1) is 14.5. The molecule has 1 saturated carbocycles. The highest BCUT2D eigenvalue weighted by molar-refractivity contribution is 6.39. The van der Waals surface area contributed by atoms with Crippen LogP contribution in [-0.2, 0) is 0 Å². The van der Waals surface area contributed by atoms with Crippen LogP contribution in [0.25, 0.3) is 5.82 Å². The highest BCUT2D eigenvalue weighted by Gasteiger charge is 2.23. The van der Waals surface area contributed by atoms with E-state index < -0.39 is 0 Å². The zero-order valence-electron chi connectivity index (χ0n) is 12.2. The number of pyridine rings is 1. The quantitative estimate of drug-likeness (QED) is 0.707. The van der Waals surface area contributed by atoms with Gasteiger partial charge in [0.1, 0.15) is 5.82 Å². The van der Waals surface area contributed by atoms with Crippen LogP contribution in [0.2, 0.25) is 10.0 Å². The van der Waals surface area contributed by atoms with E-state index in [1.165, 1.54) is 18.4 Å². The Morgan fingerprint density at radius 2 is 1.83 bits per heavy atom. The number of para-hydroxylation sites is 1. The fourth-order valence-corrected chi connectivity index (χ4v) is 3.00. The van der Waals surface area contributed by atoms with Crippen molar-refractivity contribution in [2.45, 2.75) is 18.8 Å². The summed E-state index contributed by atoms with van der Waals surface area (Å²) in [5.41, 5.74) is 1.94. The molecule has 4 nitrogen and oxygen atoms in total. The summed E-state index contributed by atoms with van der Waals surface area (Å²) in [5, 5.41) is 4.28. The van der Waals surface area contributed by atoms with Crippen molar-refractivity contribution in [3.63, 3.8) is 0 Å². The van der Waals surface area contributed by atoms with Gasteiger partial charge in [0.25, 0.3) is 0 Å². The Kier molecular flexibility index (Phi) is 3.71. The molecule has 116 valence electrons. The van der Waals surface area contributed by atoms with E-state index in [4.69, 9.17) is 23.2 Å². The van der Waals surface area contributed by atoms with Crippen molar-refractivity contribution in [3.8, 4) is 5.82 Å². The molecule has 0 unspecified atom stereocenters. The Morgan fingerprint density at radius 3 is 2.48 bits per heavy atom. The molecule has 0 bridgehead atoms. The lowest BCUT2D eigenvalue weighted by Gasteiger charge is -2.12. The lowest BCUT2D eigenvalue weighted by molar-refractivity contribution is 0.981. The van der Waals surface area contributed by atoms with Gasteiger partial charge in [0.15, 0.2) is 0 Å². The summed E-state index contributed by atoms with van der Waals surface area (Å²) >= 11 is 12.4. The number of hydrogen-bond donors (Lipinski definition) is 1. The van der Waals surface area contributed by atoms with E-state index in [9.17, 15) is 0 Å². The Hall–Kier alpha value is -2.04. The van der Waals surface area contributed by atoms with Crippen LogP contribution in [0.1, 0.15) is 24.3 Å². The highest BCUT2D eigenvalue weighted by Crippen LogP contribution is 2.39. The van der Waals surface area contributed by atoms with Crippen molar-refractivity contribution < 1.29 is 0 Å². The van der Waals surface area contributed by atoms with Gasteiger partial charge in [-0.05, 0) is 42.5 Å². The van der Waals surface area contributed by atoms with E-state index in [1.807, 2.05) is 23.0 Å². The number of anilines is 2. The van der Waals surface area contributed by atoms with E-state index in [0.717, 1.165) is 5.82 Å². The summed E-state index contributed by atoms with van der Waals surface area (Å²) in [6, 6.07) is 9.51. The largest absolute Gasteiger partial charge is 0.323 e. The molecule has 23 heavy (non-hydrogen) atoms. The molecule has 0 spiro atoms. The molecule has 0 aliphatic heterocycles. The predicted molar refractivity (Wildman–Crippen MR) is 93.1 cm³/mol. The van der Waals surface area contributed by atoms with Crippen LogP contribution in [0.5, 0.6) is 0 Å². The zero-order valence-corrected chi connectivity index (χ0v) is 13.7. The van der Waals surface area contributed by atoms with Gasteiger partial charge in [-0.3, -0.25) is 4.57 Å². The summed E-state index contributed by atoms with van der Waals surface area (Å²) in [7, 11) is 0. The molecule has 1 aliphatic carbocycles. The second-order valence-electron chi connectivity index (χ2n) is 5.57. The number of hydrogen-bond acceptors (Lipinski definition) is 3. The van der Waals surface area contributed by atoms with Crippen LogP contribution in [0, 0.1) is 0 Å². The number of aromatic nitrogens is 3. The van der Waals surface area contributed by atoms with E-state index >= 15 is 0 Å². The Balaban J connectivity index is 1.65. The topological polar surface area (TPSA) is 42.7 Å². The molecular weight excluding hydrogens is 331 g/mol. The first-order valence-electron chi connectivity index (χ1n) is 7.43. The Labute approximate surface area is 144 Å². The van der Waals surface area contributed by atoms with Gasteiger partial charge >= 0.3 is 0 Å². The normalized spacial score (nSPS) is 14.0. The number of nitrogens with zero attached hydrogens (tertiary/aromatic N) is 3. The van der Waals surface area contributed by atoms with Crippen LogP contribution in [0.4, 0.5) is 11.6 Å². The average molecular weight is 345 g/mol. The average Bonchev–Trinajstić information content (AvgIpc) is 3.30. The van der Waals surface area contributed by atoms with Crippen molar-refractivity contribution in [1.29, 1.82) is 0 Å². The Morgan fingerprint density at radius 1 is 1.04 bits per heavy atom. The predicted octanol–water partition coefficient (Wildman–Crippen LogP) is 5.20. The van der Waals surface area contributed by atoms with Crippen LogP contribution < -0.4 is 5.32 Å². The number of rotatable bonds is 4. The highest BCUT2D eigenvalue weighted by atomic mass is 35.5. The van der Waals surface area contributed by atoms with E-state index in [0.29, 0.717) is 27.6 Å².